The molecule has 6 rings (SSSR count). The van der Waals surface area contributed by atoms with Crippen LogP contribution in [-0.2, 0) is 53.4 Å². The van der Waals surface area contributed by atoms with E-state index in [-0.39, 0.29) is 276 Å². The van der Waals surface area contributed by atoms with Gasteiger partial charge >= 0.3 is 177 Å². The van der Waals surface area contributed by atoms with Crippen LogP contribution in [0.1, 0.15) is 11.1 Å². The molecule has 0 aliphatic carbocycles. The summed E-state index contributed by atoms with van der Waals surface area (Å²) in [5, 5.41) is 89.1. The zero-order valence-corrected chi connectivity index (χ0v) is 62.4. The van der Waals surface area contributed by atoms with Gasteiger partial charge < -0.3 is 85.3 Å². The predicted octanol–water partition coefficient (Wildman–Crippen LogP) is -18.7. The zero-order valence-electron chi connectivity index (χ0n) is 45.5. The molecule has 426 valence electrons. The van der Waals surface area contributed by atoms with Crippen LogP contribution >= 0.6 is 36.1 Å². The Hall–Kier alpha value is -0.260. The van der Waals surface area contributed by atoms with Crippen molar-refractivity contribution in [1.82, 2.24) is 29.9 Å². The van der Waals surface area contributed by atoms with E-state index in [0.717, 1.165) is 42.5 Å². The van der Waals surface area contributed by atoms with Crippen LogP contribution in [0.2, 0.25) is 0 Å². The normalized spacial score (nSPS) is 11.1. The molecule has 2 heterocycles. The van der Waals surface area contributed by atoms with E-state index >= 15 is 0 Å². The molecule has 0 radical (unpaired) electrons. The maximum atomic E-state index is 12.8. The van der Waals surface area contributed by atoms with Gasteiger partial charge in [-0.2, -0.15) is 38.6 Å². The van der Waals surface area contributed by atoms with E-state index in [0.29, 0.717) is 36.1 Å². The average molecular weight is 1350 g/mol. The molecule has 8 N–H and O–H groups in total. The summed E-state index contributed by atoms with van der Waals surface area (Å²) in [6, 6.07) is 13.7. The first-order valence-corrected chi connectivity index (χ1v) is 28.0. The summed E-state index contributed by atoms with van der Waals surface area (Å²) in [6.07, 6.45) is 2.55. The Kier molecular flexibility index (Phi) is 41.2. The van der Waals surface area contributed by atoms with Gasteiger partial charge in [-0.1, -0.05) is 24.3 Å². The maximum Gasteiger partial charge on any atom is 1.00 e. The second-order valence-electron chi connectivity index (χ2n) is 15.0. The fourth-order valence-electron chi connectivity index (χ4n) is 6.66. The summed E-state index contributed by atoms with van der Waals surface area (Å²) in [7, 11) is -15.5. The van der Waals surface area contributed by atoms with Crippen LogP contribution in [0.5, 0.6) is 0 Å². The average Bonchev–Trinajstić information content (AvgIpc) is 3.61. The Bertz CT molecular complexity index is 3470. The van der Waals surface area contributed by atoms with Crippen molar-refractivity contribution in [2.75, 3.05) is 83.7 Å². The topological polar surface area (TPSA) is 500 Å². The molecule has 0 amide bonds. The van der Waals surface area contributed by atoms with Crippen molar-refractivity contribution in [1.29, 1.82) is 0 Å². The van der Waals surface area contributed by atoms with Crippen molar-refractivity contribution in [2.24, 2.45) is 0 Å². The van der Waals surface area contributed by atoms with Crippen LogP contribution in [0.4, 0.5) is 58.4 Å². The van der Waals surface area contributed by atoms with E-state index in [4.69, 9.17) is 0 Å². The molecular formula is C40H38N12Na6O21S6. The van der Waals surface area contributed by atoms with Crippen LogP contribution in [0.15, 0.2) is 102 Å². The SMILES string of the molecule is O=S(=O)([O-])c1ccc(SOO[O-])c(Nc2nc(Nc3ccc(C=Cc4ccc(Nc5nc(Nc6cc(SOO[O-])ccc6S(=O)(=O)[O-])nc(N(CCO)CCO)n5)cc4S(=O)(=O)[O-])c(SO[O-])c3)nc(N(CCO)CCO)n2)c1.[Na+].[Na+].[Na+].[Na+].[Na+].[Na+]. The van der Waals surface area contributed by atoms with E-state index in [2.05, 4.69) is 74.2 Å². The van der Waals surface area contributed by atoms with Gasteiger partial charge in [0, 0.05) is 59.4 Å². The smallest absolute Gasteiger partial charge is 0.744 e. The van der Waals surface area contributed by atoms with E-state index in [1.54, 1.807) is 0 Å². The van der Waals surface area contributed by atoms with E-state index < -0.39 is 83.1 Å². The summed E-state index contributed by atoms with van der Waals surface area (Å²) in [5.41, 5.74) is -0.481. The van der Waals surface area contributed by atoms with Gasteiger partial charge in [-0.25, -0.2) is 25.3 Å². The summed E-state index contributed by atoms with van der Waals surface area (Å²) in [4.78, 5) is 26.1. The van der Waals surface area contributed by atoms with Crippen molar-refractivity contribution < 1.29 is 276 Å². The molecule has 0 saturated carbocycles. The van der Waals surface area contributed by atoms with Gasteiger partial charge in [-0.05, 0) is 71.8 Å². The largest absolute Gasteiger partial charge is 1.00 e. The molecule has 0 aliphatic rings. The van der Waals surface area contributed by atoms with Crippen molar-refractivity contribution in [3.63, 3.8) is 0 Å². The van der Waals surface area contributed by atoms with Gasteiger partial charge in [0.2, 0.25) is 35.7 Å². The summed E-state index contributed by atoms with van der Waals surface area (Å²) in [5.74, 6) is -1.79. The van der Waals surface area contributed by atoms with Crippen LogP contribution < -0.4 is 224 Å². The second-order valence-corrected chi connectivity index (χ2v) is 21.4. The number of benzene rings is 4. The number of aliphatic hydroxyl groups excluding tert-OH is 4. The number of anilines is 10. The van der Waals surface area contributed by atoms with Gasteiger partial charge in [-0.3, -0.25) is 10.1 Å². The predicted molar refractivity (Wildman–Crippen MR) is 267 cm³/mol. The van der Waals surface area contributed by atoms with Crippen LogP contribution in [0.25, 0.3) is 12.2 Å². The number of aromatic nitrogens is 6. The maximum absolute atomic E-state index is 12.8. The number of nitrogens with zero attached hydrogens (tertiary/aromatic N) is 8. The molecule has 0 spiro atoms. The molecule has 6 aromatic rings. The molecule has 45 heteroatoms. The van der Waals surface area contributed by atoms with Crippen LogP contribution in [0.3, 0.4) is 0 Å². The summed E-state index contributed by atoms with van der Waals surface area (Å²) in [6.45, 7) is -2.30. The minimum absolute atomic E-state index is 0. The minimum Gasteiger partial charge on any atom is -0.744 e. The fourth-order valence-corrected chi connectivity index (χ4v) is 9.77. The van der Waals surface area contributed by atoms with Gasteiger partial charge in [-0.15, -0.1) is 0 Å². The number of rotatable bonds is 31. The van der Waals surface area contributed by atoms with Gasteiger partial charge in [0.1, 0.15) is 30.4 Å². The molecule has 4 aromatic carbocycles. The molecule has 0 fully saturated rings. The Morgan fingerprint density at radius 2 is 0.929 bits per heavy atom. The van der Waals surface area contributed by atoms with Crippen molar-refractivity contribution in [2.45, 2.75) is 29.4 Å². The van der Waals surface area contributed by atoms with Crippen LogP contribution in [0, 0.1) is 0 Å². The molecular weight excluding hydrogens is 1310 g/mol. The van der Waals surface area contributed by atoms with E-state index in [1.807, 2.05) is 0 Å². The first-order valence-electron chi connectivity index (χ1n) is 21.6. The second kappa shape index (κ2) is 41.4. The zero-order chi connectivity index (χ0) is 57.3. The summed E-state index contributed by atoms with van der Waals surface area (Å²) < 4.78 is 123. The van der Waals surface area contributed by atoms with Crippen LogP contribution in [-0.4, -0.2) is 142 Å². The van der Waals surface area contributed by atoms with Crippen molar-refractivity contribution >= 4 is 137 Å². The minimum atomic E-state index is -5.29. The number of hydrogen-bond acceptors (Lipinski definition) is 36. The monoisotopic (exact) mass is 1350 g/mol. The van der Waals surface area contributed by atoms with E-state index in [9.17, 15) is 75.1 Å². The summed E-state index contributed by atoms with van der Waals surface area (Å²) >= 11 is 1.01. The molecule has 0 bridgehead atoms. The molecule has 0 aliphatic heterocycles. The molecule has 2 aromatic heterocycles. The molecule has 33 nitrogen and oxygen atoms in total. The third-order valence-electron chi connectivity index (χ3n) is 9.93. The Balaban J connectivity index is 0.0000118. The molecule has 85 heavy (non-hydrogen) atoms. The van der Waals surface area contributed by atoms with Crippen molar-refractivity contribution in [3.05, 3.63) is 83.9 Å². The van der Waals surface area contributed by atoms with Gasteiger partial charge in [0.25, 0.3) is 0 Å². The first-order chi connectivity index (χ1) is 37.7. The van der Waals surface area contributed by atoms with Crippen molar-refractivity contribution in [3.8, 4) is 0 Å². The third-order valence-corrected chi connectivity index (χ3v) is 14.4. The first kappa shape index (κ1) is 84.7. The number of nitrogens with one attached hydrogen (secondary N) is 4. The number of aliphatic hydroxyl groups is 4. The van der Waals surface area contributed by atoms with E-state index in [1.165, 1.54) is 52.3 Å². The van der Waals surface area contributed by atoms with Gasteiger partial charge in [0.15, 0.2) is 0 Å². The third kappa shape index (κ3) is 26.3. The molecule has 0 atom stereocenters. The Labute approximate surface area is 630 Å². The Morgan fingerprint density at radius 1 is 0.471 bits per heavy atom. The number of hydrogen-bond donors (Lipinski definition) is 8. The standard InChI is InChI=1S/C40H44N12O21S6.6Na/c53-15-11-51(12-16-54)39-47-35(45-37(49-39)43-29-22-28(77(60,61)62)8-9-31(29)76-73-70-58)41-25-5-3-23(32(19-25)75-71-59)1-2-24-4-6-26(20-34(24)79(66,67)68)42-36-46-38(50-40(48-36)52(13-17-55)14-18-56)44-30-21-27(74-72-69-57)7-10-33(30)78(63,64)65;;;;;;/h1-10,19-22,53-59H,11-18H2,(H,60,61,62)(H,63,64,65)(H,66,67,68)(H2,41,43,45,47,49)(H2,42,44,46,48,50);;;;;;/q;6*+1/p-6. The van der Waals surface area contributed by atoms with Gasteiger partial charge in [0.05, 0.1) is 81.5 Å². The molecule has 0 unspecified atom stereocenters. The quantitative estimate of drug-likeness (QED) is 0.00500. The molecule has 0 saturated heterocycles. The fraction of sp³-hybridized carbons (Fsp3) is 0.200. The Morgan fingerprint density at radius 3 is 1.40 bits per heavy atom.